The van der Waals surface area contributed by atoms with E-state index in [0.29, 0.717) is 11.3 Å². The monoisotopic (exact) mass is 349 g/mol. The fourth-order valence-electron chi connectivity index (χ4n) is 3.98. The number of hydrogen-bond acceptors (Lipinski definition) is 3. The molecule has 2 heterocycles. The summed E-state index contributed by atoms with van der Waals surface area (Å²) in [6, 6.07) is 11.3. The van der Waals surface area contributed by atoms with E-state index in [1.165, 1.54) is 12.8 Å². The van der Waals surface area contributed by atoms with Crippen molar-refractivity contribution in [2.45, 2.75) is 51.1 Å². The Morgan fingerprint density at radius 3 is 2.65 bits per heavy atom. The highest BCUT2D eigenvalue weighted by molar-refractivity contribution is 6.11. The molecule has 1 fully saturated rings. The van der Waals surface area contributed by atoms with Crippen molar-refractivity contribution < 1.29 is 9.59 Å². The lowest BCUT2D eigenvalue weighted by atomic mass is 10.1. The minimum Gasteiger partial charge on any atom is -0.353 e. The van der Waals surface area contributed by atoms with Crippen molar-refractivity contribution in [3.8, 4) is 0 Å². The van der Waals surface area contributed by atoms with Gasteiger partial charge in [-0.05, 0) is 44.0 Å². The van der Waals surface area contributed by atoms with Gasteiger partial charge in [0.1, 0.15) is 0 Å². The van der Waals surface area contributed by atoms with Crippen LogP contribution in [-0.2, 0) is 4.79 Å². The number of rotatable bonds is 4. The maximum atomic E-state index is 13.0. The Kier molecular flexibility index (Phi) is 4.45. The van der Waals surface area contributed by atoms with Crippen LogP contribution in [0.5, 0.6) is 0 Å². The van der Waals surface area contributed by atoms with E-state index in [1.807, 2.05) is 31.2 Å². The number of nitrogens with one attached hydrogen (secondary N) is 1. The molecule has 0 bridgehead atoms. The molecule has 0 spiro atoms. The molecule has 1 aromatic heterocycles. The van der Waals surface area contributed by atoms with Gasteiger partial charge in [-0.2, -0.15) is 0 Å². The van der Waals surface area contributed by atoms with Crippen LogP contribution in [0.2, 0.25) is 0 Å². The van der Waals surface area contributed by atoms with Crippen molar-refractivity contribution in [1.82, 2.24) is 10.3 Å². The van der Waals surface area contributed by atoms with Gasteiger partial charge in [0.15, 0.2) is 0 Å². The van der Waals surface area contributed by atoms with Gasteiger partial charge >= 0.3 is 0 Å². The van der Waals surface area contributed by atoms with E-state index in [0.717, 1.165) is 24.1 Å². The summed E-state index contributed by atoms with van der Waals surface area (Å²) >= 11 is 0. The summed E-state index contributed by atoms with van der Waals surface area (Å²) in [7, 11) is 0. The third-order valence-electron chi connectivity index (χ3n) is 5.33. The molecular formula is C21H23N3O2. The van der Waals surface area contributed by atoms with Crippen molar-refractivity contribution in [2.75, 3.05) is 4.90 Å². The molecule has 1 aliphatic heterocycles. The summed E-state index contributed by atoms with van der Waals surface area (Å²) in [5.41, 5.74) is 3.22. The second-order valence-electron chi connectivity index (χ2n) is 7.22. The highest BCUT2D eigenvalue weighted by atomic mass is 16.2. The molecule has 5 heteroatoms. The van der Waals surface area contributed by atoms with Gasteiger partial charge < -0.3 is 5.32 Å². The SMILES string of the molecule is Cc1ccc(N2C(=O)c3cccnc3[C@H]2CC(=O)NC2CCCC2)cc1. The van der Waals surface area contributed by atoms with Crippen LogP contribution in [0.4, 0.5) is 5.69 Å². The van der Waals surface area contributed by atoms with Gasteiger partial charge in [0, 0.05) is 17.9 Å². The average Bonchev–Trinajstić information content (AvgIpc) is 3.24. The van der Waals surface area contributed by atoms with E-state index in [2.05, 4.69) is 10.3 Å². The van der Waals surface area contributed by atoms with Gasteiger partial charge in [0.05, 0.1) is 23.7 Å². The predicted octanol–water partition coefficient (Wildman–Crippen LogP) is 3.54. The summed E-state index contributed by atoms with van der Waals surface area (Å²) < 4.78 is 0. The average molecular weight is 349 g/mol. The van der Waals surface area contributed by atoms with Crippen LogP contribution in [0, 0.1) is 6.92 Å². The van der Waals surface area contributed by atoms with Gasteiger partial charge in [-0.1, -0.05) is 30.5 Å². The van der Waals surface area contributed by atoms with Crippen LogP contribution < -0.4 is 10.2 Å². The third kappa shape index (κ3) is 3.09. The molecular weight excluding hydrogens is 326 g/mol. The van der Waals surface area contributed by atoms with Crippen LogP contribution in [-0.4, -0.2) is 22.8 Å². The quantitative estimate of drug-likeness (QED) is 0.918. The molecule has 2 aromatic rings. The fraction of sp³-hybridized carbons (Fsp3) is 0.381. The van der Waals surface area contributed by atoms with Crippen molar-refractivity contribution in [3.05, 3.63) is 59.4 Å². The molecule has 26 heavy (non-hydrogen) atoms. The number of aryl methyl sites for hydroxylation is 1. The number of anilines is 1. The number of amides is 2. The van der Waals surface area contributed by atoms with Crippen LogP contribution in [0.25, 0.3) is 0 Å². The molecule has 5 nitrogen and oxygen atoms in total. The van der Waals surface area contributed by atoms with Crippen molar-refractivity contribution in [2.24, 2.45) is 0 Å². The van der Waals surface area contributed by atoms with E-state index < -0.39 is 0 Å². The lowest BCUT2D eigenvalue weighted by Crippen LogP contribution is -2.36. The van der Waals surface area contributed by atoms with E-state index in [1.54, 1.807) is 23.2 Å². The number of nitrogens with zero attached hydrogens (tertiary/aromatic N) is 2. The molecule has 4 rings (SSSR count). The molecule has 0 saturated heterocycles. The normalized spacial score (nSPS) is 19.7. The fourth-order valence-corrected chi connectivity index (χ4v) is 3.98. The topological polar surface area (TPSA) is 62.3 Å². The number of hydrogen-bond donors (Lipinski definition) is 1. The Labute approximate surface area is 153 Å². The summed E-state index contributed by atoms with van der Waals surface area (Å²) in [6.07, 6.45) is 6.37. The number of aromatic nitrogens is 1. The molecule has 1 saturated carbocycles. The van der Waals surface area contributed by atoms with Gasteiger partial charge in [-0.15, -0.1) is 0 Å². The number of fused-ring (bicyclic) bond motifs is 1. The van der Waals surface area contributed by atoms with Crippen molar-refractivity contribution >= 4 is 17.5 Å². The van der Waals surface area contributed by atoms with Crippen LogP contribution in [0.3, 0.4) is 0 Å². The second-order valence-corrected chi connectivity index (χ2v) is 7.22. The highest BCUT2D eigenvalue weighted by Crippen LogP contribution is 2.38. The lowest BCUT2D eigenvalue weighted by Gasteiger charge is -2.25. The summed E-state index contributed by atoms with van der Waals surface area (Å²) in [5.74, 6) is -0.0964. The minimum atomic E-state index is -0.359. The molecule has 1 aliphatic carbocycles. The van der Waals surface area contributed by atoms with E-state index in [9.17, 15) is 9.59 Å². The molecule has 0 unspecified atom stereocenters. The first-order chi connectivity index (χ1) is 12.6. The molecule has 1 atom stereocenters. The van der Waals surface area contributed by atoms with Gasteiger partial charge in [0.25, 0.3) is 5.91 Å². The first kappa shape index (κ1) is 16.8. The van der Waals surface area contributed by atoms with Crippen molar-refractivity contribution in [3.63, 3.8) is 0 Å². The van der Waals surface area contributed by atoms with Crippen LogP contribution >= 0.6 is 0 Å². The number of benzene rings is 1. The van der Waals surface area contributed by atoms with Gasteiger partial charge in [-0.3, -0.25) is 19.5 Å². The first-order valence-electron chi connectivity index (χ1n) is 9.28. The van der Waals surface area contributed by atoms with Crippen LogP contribution in [0.15, 0.2) is 42.6 Å². The maximum absolute atomic E-state index is 13.0. The highest BCUT2D eigenvalue weighted by Gasteiger charge is 2.40. The Bertz CT molecular complexity index is 825. The van der Waals surface area contributed by atoms with Gasteiger partial charge in [0.2, 0.25) is 5.91 Å². The second kappa shape index (κ2) is 6.90. The Hall–Kier alpha value is -2.69. The molecule has 134 valence electrons. The van der Waals surface area contributed by atoms with E-state index >= 15 is 0 Å². The minimum absolute atomic E-state index is 0.00897. The maximum Gasteiger partial charge on any atom is 0.260 e. The molecule has 1 N–H and O–H groups in total. The summed E-state index contributed by atoms with van der Waals surface area (Å²) in [4.78, 5) is 31.7. The zero-order valence-corrected chi connectivity index (χ0v) is 14.9. The lowest BCUT2D eigenvalue weighted by molar-refractivity contribution is -0.122. The smallest absolute Gasteiger partial charge is 0.260 e. The number of carbonyl (C=O) groups excluding carboxylic acids is 2. The Morgan fingerprint density at radius 2 is 1.92 bits per heavy atom. The molecule has 1 aromatic carbocycles. The van der Waals surface area contributed by atoms with Crippen molar-refractivity contribution in [1.29, 1.82) is 0 Å². The number of carbonyl (C=O) groups is 2. The summed E-state index contributed by atoms with van der Waals surface area (Å²) in [6.45, 7) is 2.01. The standard InChI is InChI=1S/C21H23N3O2/c1-14-8-10-16(11-9-14)24-18(13-19(25)23-15-5-2-3-6-15)20-17(21(24)26)7-4-12-22-20/h4,7-12,15,18H,2-3,5-6,13H2,1H3,(H,23,25)/t18-/m1/s1. The Balaban J connectivity index is 1.62. The zero-order valence-electron chi connectivity index (χ0n) is 14.9. The van der Waals surface area contributed by atoms with Crippen LogP contribution in [0.1, 0.15) is 59.8 Å². The zero-order chi connectivity index (χ0) is 18.1. The largest absolute Gasteiger partial charge is 0.353 e. The van der Waals surface area contributed by atoms with E-state index in [4.69, 9.17) is 0 Å². The first-order valence-corrected chi connectivity index (χ1v) is 9.28. The molecule has 0 radical (unpaired) electrons. The number of pyridine rings is 1. The predicted molar refractivity (Wildman–Crippen MR) is 100.0 cm³/mol. The summed E-state index contributed by atoms with van der Waals surface area (Å²) in [5, 5.41) is 3.13. The molecule has 2 amide bonds. The van der Waals surface area contributed by atoms with E-state index in [-0.39, 0.29) is 30.3 Å². The van der Waals surface area contributed by atoms with Gasteiger partial charge in [-0.25, -0.2) is 0 Å². The molecule has 2 aliphatic rings. The Morgan fingerprint density at radius 1 is 1.19 bits per heavy atom. The third-order valence-corrected chi connectivity index (χ3v) is 5.33.